The van der Waals surface area contributed by atoms with Crippen LogP contribution in [0, 0.1) is 5.92 Å². The molecule has 0 radical (unpaired) electrons. The van der Waals surface area contributed by atoms with Crippen molar-refractivity contribution in [1.82, 2.24) is 9.78 Å². The van der Waals surface area contributed by atoms with Crippen LogP contribution in [0.25, 0.3) is 0 Å². The third kappa shape index (κ3) is 4.48. The molecular weight excluding hydrogens is 307 g/mol. The van der Waals surface area contributed by atoms with Crippen molar-refractivity contribution in [2.75, 3.05) is 11.9 Å². The lowest BCUT2D eigenvalue weighted by atomic mass is 9.94. The maximum absolute atomic E-state index is 12.9. The Morgan fingerprint density at radius 1 is 1.30 bits per heavy atom. The number of alkyl halides is 3. The van der Waals surface area contributed by atoms with Gasteiger partial charge in [0.05, 0.1) is 36.6 Å². The summed E-state index contributed by atoms with van der Waals surface area (Å²) in [6.07, 6.45) is -1.04. The van der Waals surface area contributed by atoms with E-state index in [1.807, 2.05) is 13.8 Å². The average Bonchev–Trinajstić information content (AvgIpc) is 2.91. The van der Waals surface area contributed by atoms with Crippen molar-refractivity contribution in [2.24, 2.45) is 5.92 Å². The van der Waals surface area contributed by atoms with E-state index in [0.717, 1.165) is 6.07 Å². The second-order valence-electron chi connectivity index (χ2n) is 5.70. The fourth-order valence-corrected chi connectivity index (χ4v) is 2.39. The number of aliphatic hydroxyl groups excluding tert-OH is 1. The van der Waals surface area contributed by atoms with Crippen molar-refractivity contribution in [2.45, 2.75) is 32.6 Å². The first kappa shape index (κ1) is 17.3. The van der Waals surface area contributed by atoms with Gasteiger partial charge in [-0.05, 0) is 23.6 Å². The Hall–Kier alpha value is -2.02. The molecule has 1 heterocycles. The third-order valence-corrected chi connectivity index (χ3v) is 3.52. The lowest BCUT2D eigenvalue weighted by molar-refractivity contribution is -0.137. The van der Waals surface area contributed by atoms with Crippen LogP contribution in [0.2, 0.25) is 0 Å². The van der Waals surface area contributed by atoms with E-state index >= 15 is 0 Å². The van der Waals surface area contributed by atoms with Crippen molar-refractivity contribution >= 4 is 5.69 Å². The normalized spacial score (nSPS) is 13.3. The van der Waals surface area contributed by atoms with Crippen molar-refractivity contribution in [3.05, 3.63) is 47.8 Å². The molecular formula is C16H20F3N3O. The number of aromatic nitrogens is 2. The van der Waals surface area contributed by atoms with Crippen molar-refractivity contribution in [3.8, 4) is 0 Å². The molecule has 0 saturated heterocycles. The van der Waals surface area contributed by atoms with E-state index in [2.05, 4.69) is 10.4 Å². The number of nitrogens with one attached hydrogen (secondary N) is 1. The standard InChI is InChI=1S/C16H20F3N3O/c1-11(2)15(21-14-9-20-22(10-14)6-7-23)12-4-3-5-13(8-12)16(17,18)19/h3-5,8-11,15,21,23H,6-7H2,1-2H3. The van der Waals surface area contributed by atoms with Crippen LogP contribution in [-0.2, 0) is 12.7 Å². The number of aliphatic hydroxyl groups is 1. The molecule has 4 nitrogen and oxygen atoms in total. The van der Waals surface area contributed by atoms with Gasteiger partial charge in [-0.2, -0.15) is 18.3 Å². The van der Waals surface area contributed by atoms with Crippen molar-refractivity contribution < 1.29 is 18.3 Å². The number of rotatable bonds is 6. The van der Waals surface area contributed by atoms with Gasteiger partial charge < -0.3 is 10.4 Å². The topological polar surface area (TPSA) is 50.1 Å². The molecule has 1 atom stereocenters. The molecule has 0 aliphatic rings. The zero-order chi connectivity index (χ0) is 17.0. The van der Waals surface area contributed by atoms with Gasteiger partial charge in [-0.3, -0.25) is 4.68 Å². The van der Waals surface area contributed by atoms with Crippen LogP contribution in [0.4, 0.5) is 18.9 Å². The Balaban J connectivity index is 2.24. The summed E-state index contributed by atoms with van der Waals surface area (Å²) in [6.45, 7) is 4.23. The molecule has 2 rings (SSSR count). The first-order valence-electron chi connectivity index (χ1n) is 7.38. The van der Waals surface area contributed by atoms with Crippen molar-refractivity contribution in [1.29, 1.82) is 0 Å². The van der Waals surface area contributed by atoms with E-state index in [4.69, 9.17) is 5.11 Å². The highest BCUT2D eigenvalue weighted by atomic mass is 19.4. The molecule has 1 aromatic heterocycles. The predicted octanol–water partition coefficient (Wildman–Crippen LogP) is 3.70. The summed E-state index contributed by atoms with van der Waals surface area (Å²) in [6, 6.07) is 5.08. The summed E-state index contributed by atoms with van der Waals surface area (Å²) in [7, 11) is 0. The lowest BCUT2D eigenvalue weighted by Gasteiger charge is -2.24. The van der Waals surface area contributed by atoms with Crippen LogP contribution in [0.1, 0.15) is 31.0 Å². The molecule has 0 amide bonds. The number of nitrogens with zero attached hydrogens (tertiary/aromatic N) is 2. The summed E-state index contributed by atoms with van der Waals surface area (Å²) >= 11 is 0. The molecule has 0 spiro atoms. The number of anilines is 1. The van der Waals surface area contributed by atoms with Gasteiger partial charge in [0.1, 0.15) is 0 Å². The molecule has 0 saturated carbocycles. The highest BCUT2D eigenvalue weighted by Gasteiger charge is 2.31. The fraction of sp³-hybridized carbons (Fsp3) is 0.438. The minimum Gasteiger partial charge on any atom is -0.394 e. The Kier molecular flexibility index (Phi) is 5.30. The Morgan fingerprint density at radius 2 is 2.04 bits per heavy atom. The van der Waals surface area contributed by atoms with Gasteiger partial charge in [-0.1, -0.05) is 26.0 Å². The smallest absolute Gasteiger partial charge is 0.394 e. The van der Waals surface area contributed by atoms with Gasteiger partial charge in [0.15, 0.2) is 0 Å². The summed E-state index contributed by atoms with van der Waals surface area (Å²) < 4.78 is 40.2. The first-order chi connectivity index (χ1) is 10.8. The first-order valence-corrected chi connectivity index (χ1v) is 7.38. The number of hydrogen-bond acceptors (Lipinski definition) is 3. The maximum Gasteiger partial charge on any atom is 0.416 e. The molecule has 2 aromatic rings. The van der Waals surface area contributed by atoms with Crippen LogP contribution in [-0.4, -0.2) is 21.5 Å². The van der Waals surface area contributed by atoms with Gasteiger partial charge in [-0.15, -0.1) is 0 Å². The van der Waals surface area contributed by atoms with Crippen LogP contribution in [0.3, 0.4) is 0 Å². The van der Waals surface area contributed by atoms with Gasteiger partial charge >= 0.3 is 6.18 Å². The number of halogens is 3. The highest BCUT2D eigenvalue weighted by molar-refractivity contribution is 5.43. The second-order valence-corrected chi connectivity index (χ2v) is 5.70. The zero-order valence-electron chi connectivity index (χ0n) is 13.0. The molecule has 1 unspecified atom stereocenters. The minimum absolute atomic E-state index is 0.0254. The second kappa shape index (κ2) is 7.04. The van der Waals surface area contributed by atoms with Gasteiger partial charge in [0.2, 0.25) is 0 Å². The lowest BCUT2D eigenvalue weighted by Crippen LogP contribution is -2.17. The molecule has 23 heavy (non-hydrogen) atoms. The summed E-state index contributed by atoms with van der Waals surface area (Å²) in [4.78, 5) is 0. The zero-order valence-corrected chi connectivity index (χ0v) is 13.0. The van der Waals surface area contributed by atoms with E-state index in [0.29, 0.717) is 17.8 Å². The molecule has 0 fully saturated rings. The molecule has 1 aromatic carbocycles. The Labute approximate surface area is 132 Å². The van der Waals surface area contributed by atoms with Gasteiger partial charge in [0.25, 0.3) is 0 Å². The monoisotopic (exact) mass is 327 g/mol. The number of benzene rings is 1. The van der Waals surface area contributed by atoms with E-state index in [9.17, 15) is 13.2 Å². The minimum atomic E-state index is -4.36. The molecule has 2 N–H and O–H groups in total. The Bertz CT molecular complexity index is 637. The van der Waals surface area contributed by atoms with E-state index in [1.165, 1.54) is 12.1 Å². The molecule has 0 bridgehead atoms. The van der Waals surface area contributed by atoms with Crippen LogP contribution in [0.5, 0.6) is 0 Å². The maximum atomic E-state index is 12.9. The van der Waals surface area contributed by atoms with Gasteiger partial charge in [0, 0.05) is 6.20 Å². The van der Waals surface area contributed by atoms with Crippen molar-refractivity contribution in [3.63, 3.8) is 0 Å². The summed E-state index contributed by atoms with van der Waals surface area (Å²) in [5, 5.41) is 16.2. The largest absolute Gasteiger partial charge is 0.416 e. The Morgan fingerprint density at radius 3 is 2.65 bits per heavy atom. The molecule has 126 valence electrons. The van der Waals surface area contributed by atoms with Crippen LogP contribution < -0.4 is 5.32 Å². The van der Waals surface area contributed by atoms with E-state index < -0.39 is 11.7 Å². The SMILES string of the molecule is CC(C)C(Nc1cnn(CCO)c1)c1cccc(C(F)(F)F)c1. The molecule has 0 aliphatic heterocycles. The molecule has 0 aliphatic carbocycles. The highest BCUT2D eigenvalue weighted by Crippen LogP contribution is 2.33. The van der Waals surface area contributed by atoms with Crippen LogP contribution >= 0.6 is 0 Å². The fourth-order valence-electron chi connectivity index (χ4n) is 2.39. The average molecular weight is 327 g/mol. The predicted molar refractivity (Wildman–Crippen MR) is 82.0 cm³/mol. The molecule has 7 heteroatoms. The third-order valence-electron chi connectivity index (χ3n) is 3.52. The van der Waals surface area contributed by atoms with Gasteiger partial charge in [-0.25, -0.2) is 0 Å². The quantitative estimate of drug-likeness (QED) is 0.850. The van der Waals surface area contributed by atoms with E-state index in [-0.39, 0.29) is 18.6 Å². The summed E-state index contributed by atoms with van der Waals surface area (Å²) in [5.74, 6) is 0.0830. The van der Waals surface area contributed by atoms with Crippen LogP contribution in [0.15, 0.2) is 36.7 Å². The number of hydrogen-bond donors (Lipinski definition) is 2. The van der Waals surface area contributed by atoms with E-state index in [1.54, 1.807) is 23.1 Å². The summed E-state index contributed by atoms with van der Waals surface area (Å²) in [5.41, 5.74) is 0.623.